The lowest BCUT2D eigenvalue weighted by Gasteiger charge is -2.24. The molecule has 2 atom stereocenters. The van der Waals surface area contributed by atoms with Gasteiger partial charge < -0.3 is 9.84 Å². The van der Waals surface area contributed by atoms with E-state index in [9.17, 15) is 5.11 Å². The number of aliphatic hydroxyl groups is 1. The number of thioether (sulfide) groups is 1. The standard InChI is InChI=1S/C7H12O2S/c8-6-1-3-9-7(6)2-4-10-5-7/h6,8H,1-5H2. The predicted octanol–water partition coefficient (Wildman–Crippen LogP) is 0.643. The summed E-state index contributed by atoms with van der Waals surface area (Å²) >= 11 is 1.89. The molecule has 2 aliphatic rings. The summed E-state index contributed by atoms with van der Waals surface area (Å²) in [7, 11) is 0. The predicted molar refractivity (Wildman–Crippen MR) is 41.2 cm³/mol. The lowest BCUT2D eigenvalue weighted by atomic mass is 9.97. The van der Waals surface area contributed by atoms with Crippen molar-refractivity contribution >= 4 is 11.8 Å². The van der Waals surface area contributed by atoms with Crippen LogP contribution in [0.5, 0.6) is 0 Å². The van der Waals surface area contributed by atoms with Crippen molar-refractivity contribution in [3.05, 3.63) is 0 Å². The molecule has 0 radical (unpaired) electrons. The van der Waals surface area contributed by atoms with E-state index < -0.39 is 0 Å². The second-order valence-electron chi connectivity index (χ2n) is 3.02. The maximum atomic E-state index is 9.54. The number of hydrogen-bond acceptors (Lipinski definition) is 3. The molecule has 2 unspecified atom stereocenters. The molecule has 1 N–H and O–H groups in total. The molecule has 58 valence electrons. The van der Waals surface area contributed by atoms with E-state index in [0.717, 1.165) is 31.0 Å². The normalized spacial score (nSPS) is 47.1. The largest absolute Gasteiger partial charge is 0.390 e. The Balaban J connectivity index is 2.11. The van der Waals surface area contributed by atoms with Gasteiger partial charge in [0.05, 0.1) is 12.7 Å². The lowest BCUT2D eigenvalue weighted by Crippen LogP contribution is -2.38. The van der Waals surface area contributed by atoms with Gasteiger partial charge in [-0.3, -0.25) is 0 Å². The summed E-state index contributed by atoms with van der Waals surface area (Å²) in [5, 5.41) is 9.54. The first-order valence-corrected chi connectivity index (χ1v) is 4.89. The van der Waals surface area contributed by atoms with Gasteiger partial charge in [-0.15, -0.1) is 0 Å². The van der Waals surface area contributed by atoms with Crippen molar-refractivity contribution in [3.8, 4) is 0 Å². The zero-order valence-corrected chi connectivity index (χ0v) is 6.69. The van der Waals surface area contributed by atoms with Crippen molar-refractivity contribution < 1.29 is 9.84 Å². The molecule has 10 heavy (non-hydrogen) atoms. The minimum atomic E-state index is -0.192. The highest BCUT2D eigenvalue weighted by atomic mass is 32.2. The Labute approximate surface area is 64.9 Å². The van der Waals surface area contributed by atoms with Crippen LogP contribution in [-0.2, 0) is 4.74 Å². The van der Waals surface area contributed by atoms with Crippen molar-refractivity contribution in [2.75, 3.05) is 18.1 Å². The third kappa shape index (κ3) is 0.881. The lowest BCUT2D eigenvalue weighted by molar-refractivity contribution is -0.0369. The van der Waals surface area contributed by atoms with Crippen LogP contribution in [0.4, 0.5) is 0 Å². The fraction of sp³-hybridized carbons (Fsp3) is 1.00. The Morgan fingerprint density at radius 3 is 3.00 bits per heavy atom. The average Bonchev–Trinajstić information content (AvgIpc) is 2.48. The second-order valence-corrected chi connectivity index (χ2v) is 4.13. The summed E-state index contributed by atoms with van der Waals surface area (Å²) in [6.45, 7) is 0.752. The molecule has 0 aromatic heterocycles. The molecular formula is C7H12O2S. The summed E-state index contributed by atoms with van der Waals surface area (Å²) in [6, 6.07) is 0. The van der Waals surface area contributed by atoms with Crippen molar-refractivity contribution in [2.45, 2.75) is 24.5 Å². The van der Waals surface area contributed by atoms with Gasteiger partial charge in [-0.2, -0.15) is 11.8 Å². The van der Waals surface area contributed by atoms with Gasteiger partial charge in [-0.25, -0.2) is 0 Å². The molecule has 2 fully saturated rings. The summed E-state index contributed by atoms with van der Waals surface area (Å²) in [5.74, 6) is 2.14. The molecule has 2 aliphatic heterocycles. The maximum absolute atomic E-state index is 9.54. The molecule has 1 spiro atoms. The fourth-order valence-electron chi connectivity index (χ4n) is 1.67. The van der Waals surface area contributed by atoms with Gasteiger partial charge in [-0.05, 0) is 18.6 Å². The van der Waals surface area contributed by atoms with Crippen molar-refractivity contribution in [1.29, 1.82) is 0 Å². The van der Waals surface area contributed by atoms with Crippen LogP contribution < -0.4 is 0 Å². The van der Waals surface area contributed by atoms with Crippen LogP contribution in [0.3, 0.4) is 0 Å². The van der Waals surface area contributed by atoms with Gasteiger partial charge in [-0.1, -0.05) is 0 Å². The molecule has 0 aliphatic carbocycles. The van der Waals surface area contributed by atoms with E-state index in [0.29, 0.717) is 0 Å². The molecule has 0 amide bonds. The van der Waals surface area contributed by atoms with Crippen molar-refractivity contribution in [3.63, 3.8) is 0 Å². The molecule has 2 nitrogen and oxygen atoms in total. The van der Waals surface area contributed by atoms with E-state index >= 15 is 0 Å². The first-order valence-electron chi connectivity index (χ1n) is 3.73. The SMILES string of the molecule is OC1CCOC12CCSC2. The Hall–Kier alpha value is 0.270. The van der Waals surface area contributed by atoms with Gasteiger partial charge in [0.2, 0.25) is 0 Å². The van der Waals surface area contributed by atoms with Gasteiger partial charge in [0.1, 0.15) is 5.60 Å². The number of rotatable bonds is 0. The Morgan fingerprint density at radius 2 is 2.50 bits per heavy atom. The molecule has 0 aromatic rings. The second kappa shape index (κ2) is 2.40. The van der Waals surface area contributed by atoms with Crippen LogP contribution in [-0.4, -0.2) is 34.9 Å². The smallest absolute Gasteiger partial charge is 0.104 e. The highest BCUT2D eigenvalue weighted by Gasteiger charge is 2.45. The van der Waals surface area contributed by atoms with Crippen LogP contribution in [0, 0.1) is 0 Å². The molecule has 0 saturated carbocycles. The van der Waals surface area contributed by atoms with Crippen LogP contribution >= 0.6 is 11.8 Å². The van der Waals surface area contributed by atoms with E-state index in [2.05, 4.69) is 0 Å². The summed E-state index contributed by atoms with van der Waals surface area (Å²) in [5.41, 5.74) is -0.134. The molecule has 0 bridgehead atoms. The Morgan fingerprint density at radius 1 is 1.60 bits per heavy atom. The van der Waals surface area contributed by atoms with Crippen LogP contribution in [0.25, 0.3) is 0 Å². The van der Waals surface area contributed by atoms with E-state index in [1.54, 1.807) is 0 Å². The Kier molecular flexibility index (Phi) is 1.66. The van der Waals surface area contributed by atoms with Gasteiger partial charge in [0.15, 0.2) is 0 Å². The third-order valence-electron chi connectivity index (χ3n) is 2.40. The van der Waals surface area contributed by atoms with E-state index in [1.807, 2.05) is 11.8 Å². The minimum Gasteiger partial charge on any atom is -0.390 e. The monoisotopic (exact) mass is 160 g/mol. The molecule has 2 heterocycles. The maximum Gasteiger partial charge on any atom is 0.104 e. The average molecular weight is 160 g/mol. The highest BCUT2D eigenvalue weighted by molar-refractivity contribution is 7.99. The van der Waals surface area contributed by atoms with E-state index in [-0.39, 0.29) is 11.7 Å². The summed E-state index contributed by atoms with van der Waals surface area (Å²) in [4.78, 5) is 0. The van der Waals surface area contributed by atoms with E-state index in [1.165, 1.54) is 0 Å². The summed E-state index contributed by atoms with van der Waals surface area (Å²) < 4.78 is 5.54. The summed E-state index contributed by atoms with van der Waals surface area (Å²) in [6.07, 6.45) is 1.68. The zero-order valence-electron chi connectivity index (χ0n) is 5.88. The molecule has 0 aromatic carbocycles. The van der Waals surface area contributed by atoms with Gasteiger partial charge in [0.25, 0.3) is 0 Å². The Bertz CT molecular complexity index is 126. The fourth-order valence-corrected chi connectivity index (χ4v) is 3.07. The van der Waals surface area contributed by atoms with E-state index in [4.69, 9.17) is 4.74 Å². The van der Waals surface area contributed by atoms with Crippen LogP contribution in [0.1, 0.15) is 12.8 Å². The quantitative estimate of drug-likeness (QED) is 0.564. The topological polar surface area (TPSA) is 29.5 Å². The van der Waals surface area contributed by atoms with Gasteiger partial charge in [0, 0.05) is 5.75 Å². The first kappa shape index (κ1) is 6.95. The number of hydrogen-bond donors (Lipinski definition) is 1. The van der Waals surface area contributed by atoms with Crippen molar-refractivity contribution in [2.24, 2.45) is 0 Å². The zero-order chi connectivity index (χ0) is 7.03. The number of aliphatic hydroxyl groups excluding tert-OH is 1. The van der Waals surface area contributed by atoms with Crippen LogP contribution in [0.15, 0.2) is 0 Å². The minimum absolute atomic E-state index is 0.134. The van der Waals surface area contributed by atoms with Crippen LogP contribution in [0.2, 0.25) is 0 Å². The molecule has 2 saturated heterocycles. The third-order valence-corrected chi connectivity index (χ3v) is 3.59. The highest BCUT2D eigenvalue weighted by Crippen LogP contribution is 2.38. The molecular weight excluding hydrogens is 148 g/mol. The van der Waals surface area contributed by atoms with Crippen molar-refractivity contribution in [1.82, 2.24) is 0 Å². The van der Waals surface area contributed by atoms with Gasteiger partial charge >= 0.3 is 0 Å². The molecule has 3 heteroatoms. The molecule has 2 rings (SSSR count). The number of ether oxygens (including phenoxy) is 1. The first-order chi connectivity index (χ1) is 4.83.